The highest BCUT2D eigenvalue weighted by atomic mass is 79.9. The quantitative estimate of drug-likeness (QED) is 0.753. The molecule has 2 fully saturated rings. The highest BCUT2D eigenvalue weighted by molar-refractivity contribution is 9.10. The van der Waals surface area contributed by atoms with Crippen LogP contribution in [-0.2, 0) is 4.74 Å². The molecule has 2 saturated heterocycles. The van der Waals surface area contributed by atoms with Crippen molar-refractivity contribution in [2.75, 3.05) is 31.2 Å². The number of aromatic nitrogens is 2. The molecule has 0 unspecified atom stereocenters. The van der Waals surface area contributed by atoms with Crippen molar-refractivity contribution in [2.24, 2.45) is 5.41 Å². The van der Waals surface area contributed by atoms with Crippen LogP contribution >= 0.6 is 15.9 Å². The van der Waals surface area contributed by atoms with Crippen LogP contribution in [0, 0.1) is 5.41 Å². The summed E-state index contributed by atoms with van der Waals surface area (Å²) >= 11 is 3.27. The summed E-state index contributed by atoms with van der Waals surface area (Å²) in [5, 5.41) is 8.08. The smallest absolute Gasteiger partial charge is 0.151 e. The van der Waals surface area contributed by atoms with Crippen molar-refractivity contribution in [1.29, 1.82) is 0 Å². The van der Waals surface area contributed by atoms with Crippen molar-refractivity contribution in [3.8, 4) is 0 Å². The van der Waals surface area contributed by atoms with Crippen molar-refractivity contribution in [3.05, 3.63) is 16.7 Å². The van der Waals surface area contributed by atoms with Crippen molar-refractivity contribution < 1.29 is 4.74 Å². The third kappa shape index (κ3) is 1.23. The van der Waals surface area contributed by atoms with Crippen LogP contribution in [-0.4, -0.2) is 36.5 Å². The van der Waals surface area contributed by atoms with Gasteiger partial charge in [0.1, 0.15) is 4.60 Å². The van der Waals surface area contributed by atoms with E-state index in [0.717, 1.165) is 36.7 Å². The Morgan fingerprint density at radius 1 is 1.29 bits per heavy atom. The van der Waals surface area contributed by atoms with E-state index in [1.807, 2.05) is 12.1 Å². The molecule has 14 heavy (non-hydrogen) atoms. The second-order valence-electron chi connectivity index (χ2n) is 4.06. The van der Waals surface area contributed by atoms with E-state index in [-0.39, 0.29) is 0 Å². The number of rotatable bonds is 1. The highest BCUT2D eigenvalue weighted by Crippen LogP contribution is 2.39. The van der Waals surface area contributed by atoms with Crippen LogP contribution in [0.25, 0.3) is 0 Å². The van der Waals surface area contributed by atoms with E-state index < -0.39 is 0 Å². The molecule has 3 rings (SSSR count). The molecule has 2 aliphatic heterocycles. The zero-order chi connectivity index (χ0) is 9.60. The first-order valence-electron chi connectivity index (χ1n) is 4.59. The molecule has 0 aromatic carbocycles. The summed E-state index contributed by atoms with van der Waals surface area (Å²) in [5.41, 5.74) is 0.439. The molecule has 1 aromatic rings. The summed E-state index contributed by atoms with van der Waals surface area (Å²) in [4.78, 5) is 2.24. The van der Waals surface area contributed by atoms with Gasteiger partial charge in [-0.1, -0.05) is 0 Å². The molecular weight excluding hydrogens is 246 g/mol. The number of hydrogen-bond donors (Lipinski definition) is 0. The summed E-state index contributed by atoms with van der Waals surface area (Å²) in [6.45, 7) is 3.94. The fourth-order valence-electron chi connectivity index (χ4n) is 1.98. The molecule has 0 N–H and O–H groups in total. The monoisotopic (exact) mass is 255 g/mol. The SMILES string of the molecule is Brc1ccc(N2CC3(COC3)C2)nn1. The first-order chi connectivity index (χ1) is 6.77. The standard InChI is InChI=1S/C9H10BrN3O/c10-7-1-2-8(12-11-7)13-3-9(4-13)5-14-6-9/h1-2H,3-6H2. The normalized spacial score (nSPS) is 23.1. The summed E-state index contributed by atoms with van der Waals surface area (Å²) < 4.78 is 5.99. The minimum Gasteiger partial charge on any atom is -0.380 e. The van der Waals surface area contributed by atoms with E-state index in [1.165, 1.54) is 0 Å². The van der Waals surface area contributed by atoms with Crippen LogP contribution in [0.2, 0.25) is 0 Å². The Bertz CT molecular complexity index is 342. The second-order valence-corrected chi connectivity index (χ2v) is 4.88. The number of halogens is 1. The van der Waals surface area contributed by atoms with Crippen LogP contribution in [0.5, 0.6) is 0 Å². The Morgan fingerprint density at radius 2 is 2.07 bits per heavy atom. The fraction of sp³-hybridized carbons (Fsp3) is 0.556. The van der Waals surface area contributed by atoms with Crippen LogP contribution in [0.3, 0.4) is 0 Å². The minimum atomic E-state index is 0.439. The Morgan fingerprint density at radius 3 is 2.57 bits per heavy atom. The van der Waals surface area contributed by atoms with Gasteiger partial charge in [0.2, 0.25) is 0 Å². The number of ether oxygens (including phenoxy) is 1. The zero-order valence-corrected chi connectivity index (χ0v) is 9.20. The first kappa shape index (κ1) is 8.61. The molecule has 0 bridgehead atoms. The molecule has 0 aliphatic carbocycles. The van der Waals surface area contributed by atoms with Gasteiger partial charge in [0.25, 0.3) is 0 Å². The molecule has 0 atom stereocenters. The lowest BCUT2D eigenvalue weighted by Gasteiger charge is -2.55. The van der Waals surface area contributed by atoms with Gasteiger partial charge in [-0.2, -0.15) is 0 Å². The lowest BCUT2D eigenvalue weighted by molar-refractivity contribution is -0.127. The average Bonchev–Trinajstić information content (AvgIpc) is 2.03. The van der Waals surface area contributed by atoms with Gasteiger partial charge in [0.05, 0.1) is 18.6 Å². The van der Waals surface area contributed by atoms with Gasteiger partial charge in [-0.15, -0.1) is 10.2 Å². The third-order valence-corrected chi connectivity index (χ3v) is 3.23. The number of nitrogens with zero attached hydrogens (tertiary/aromatic N) is 3. The van der Waals surface area contributed by atoms with Gasteiger partial charge in [-0.25, -0.2) is 0 Å². The van der Waals surface area contributed by atoms with Crippen molar-refractivity contribution in [3.63, 3.8) is 0 Å². The van der Waals surface area contributed by atoms with Crippen molar-refractivity contribution in [1.82, 2.24) is 10.2 Å². The molecule has 0 saturated carbocycles. The lowest BCUT2D eigenvalue weighted by Crippen LogP contribution is -2.66. The summed E-state index contributed by atoms with van der Waals surface area (Å²) in [6, 6.07) is 3.91. The molecule has 74 valence electrons. The predicted octanol–water partition coefficient (Wildman–Crippen LogP) is 1.08. The summed E-state index contributed by atoms with van der Waals surface area (Å²) in [6.07, 6.45) is 0. The van der Waals surface area contributed by atoms with Gasteiger partial charge < -0.3 is 9.64 Å². The van der Waals surface area contributed by atoms with Crippen LogP contribution in [0.4, 0.5) is 5.82 Å². The molecule has 3 heterocycles. The summed E-state index contributed by atoms with van der Waals surface area (Å²) in [7, 11) is 0. The Kier molecular flexibility index (Phi) is 1.79. The maximum atomic E-state index is 5.21. The summed E-state index contributed by atoms with van der Waals surface area (Å²) in [5.74, 6) is 0.964. The van der Waals surface area contributed by atoms with E-state index in [1.54, 1.807) is 0 Å². The van der Waals surface area contributed by atoms with Gasteiger partial charge in [-0.05, 0) is 28.1 Å². The van der Waals surface area contributed by atoms with Gasteiger partial charge >= 0.3 is 0 Å². The second kappa shape index (κ2) is 2.90. The molecule has 1 aromatic heterocycles. The predicted molar refractivity (Wildman–Crippen MR) is 55.2 cm³/mol. The lowest BCUT2D eigenvalue weighted by atomic mass is 9.78. The van der Waals surface area contributed by atoms with E-state index in [4.69, 9.17) is 4.74 Å². The van der Waals surface area contributed by atoms with Gasteiger partial charge in [0, 0.05) is 13.1 Å². The van der Waals surface area contributed by atoms with Crippen molar-refractivity contribution in [2.45, 2.75) is 0 Å². The average molecular weight is 256 g/mol. The number of hydrogen-bond acceptors (Lipinski definition) is 4. The Labute approximate surface area is 90.4 Å². The highest BCUT2D eigenvalue weighted by Gasteiger charge is 2.49. The Balaban J connectivity index is 1.70. The third-order valence-electron chi connectivity index (χ3n) is 2.81. The van der Waals surface area contributed by atoms with Gasteiger partial charge in [-0.3, -0.25) is 0 Å². The van der Waals surface area contributed by atoms with E-state index in [0.29, 0.717) is 5.41 Å². The topological polar surface area (TPSA) is 38.2 Å². The van der Waals surface area contributed by atoms with E-state index in [2.05, 4.69) is 31.0 Å². The fourth-order valence-corrected chi connectivity index (χ4v) is 2.19. The first-order valence-corrected chi connectivity index (χ1v) is 5.39. The zero-order valence-electron chi connectivity index (χ0n) is 7.61. The minimum absolute atomic E-state index is 0.439. The van der Waals surface area contributed by atoms with Crippen LogP contribution < -0.4 is 4.90 Å². The molecule has 0 amide bonds. The van der Waals surface area contributed by atoms with E-state index in [9.17, 15) is 0 Å². The Hall–Kier alpha value is -0.680. The van der Waals surface area contributed by atoms with Crippen molar-refractivity contribution >= 4 is 21.7 Å². The van der Waals surface area contributed by atoms with Crippen LogP contribution in [0.1, 0.15) is 0 Å². The molecule has 5 heteroatoms. The largest absolute Gasteiger partial charge is 0.380 e. The molecule has 0 radical (unpaired) electrons. The maximum absolute atomic E-state index is 5.21. The number of anilines is 1. The van der Waals surface area contributed by atoms with Gasteiger partial charge in [0.15, 0.2) is 5.82 Å². The molecule has 1 spiro atoms. The maximum Gasteiger partial charge on any atom is 0.151 e. The molecule has 4 nitrogen and oxygen atoms in total. The molecule has 2 aliphatic rings. The molecular formula is C9H10BrN3O. The van der Waals surface area contributed by atoms with Crippen LogP contribution in [0.15, 0.2) is 16.7 Å². The van der Waals surface area contributed by atoms with E-state index >= 15 is 0 Å².